The zero-order valence-corrected chi connectivity index (χ0v) is 18.7. The van der Waals surface area contributed by atoms with Crippen LogP contribution in [0.1, 0.15) is 35.6 Å². The molecule has 0 saturated heterocycles. The number of halogens is 2. The zero-order chi connectivity index (χ0) is 18.1. The topological polar surface area (TPSA) is 9.23 Å². The Hall–Kier alpha value is -0.710. The molecule has 4 rings (SSSR count). The van der Waals surface area contributed by atoms with Crippen LogP contribution in [0, 0.1) is 5.92 Å². The third-order valence-corrected chi connectivity index (χ3v) is 9.17. The summed E-state index contributed by atoms with van der Waals surface area (Å²) in [5.74, 6) is 1.46. The number of ether oxygens (including phenoxy) is 1. The molecule has 1 aliphatic heterocycles. The number of benzene rings is 2. The van der Waals surface area contributed by atoms with Crippen LogP contribution in [0.4, 0.5) is 0 Å². The number of methoxy groups -OCH3 is 1. The first kappa shape index (κ1) is 18.6. The minimum Gasteiger partial charge on any atom is -0.497 e. The lowest BCUT2D eigenvalue weighted by molar-refractivity contribution is 0.414. The molecule has 1 aliphatic carbocycles. The van der Waals surface area contributed by atoms with Gasteiger partial charge in [-0.05, 0) is 48.9 Å². The fourth-order valence-corrected chi connectivity index (χ4v) is 7.34. The molecule has 0 fully saturated rings. The van der Waals surface area contributed by atoms with Gasteiger partial charge in [0.05, 0.1) is 7.11 Å². The molecule has 2 unspecified atom stereocenters. The summed E-state index contributed by atoms with van der Waals surface area (Å²) in [6.07, 6.45) is 4.69. The summed E-state index contributed by atoms with van der Waals surface area (Å²) in [7, 11) is 1.72. The minimum atomic E-state index is -0.0472. The van der Waals surface area contributed by atoms with E-state index < -0.39 is 0 Å². The van der Waals surface area contributed by atoms with Crippen LogP contribution < -0.4 is 4.74 Å². The SMILES string of the molecule is COc1ccc(C2SC3=C(CCCC3(Br)Br)C2Cc2ccccc2)cc1. The van der Waals surface area contributed by atoms with Crippen LogP contribution in [-0.4, -0.2) is 10.3 Å². The van der Waals surface area contributed by atoms with Crippen molar-refractivity contribution in [2.75, 3.05) is 7.11 Å². The summed E-state index contributed by atoms with van der Waals surface area (Å²) in [6.45, 7) is 0. The molecule has 1 nitrogen and oxygen atoms in total. The molecule has 0 saturated carbocycles. The van der Waals surface area contributed by atoms with Crippen molar-refractivity contribution in [1.29, 1.82) is 0 Å². The van der Waals surface area contributed by atoms with Crippen LogP contribution in [0.25, 0.3) is 0 Å². The average Bonchev–Trinajstić information content (AvgIpc) is 3.03. The maximum Gasteiger partial charge on any atom is 0.118 e. The van der Waals surface area contributed by atoms with E-state index in [0.29, 0.717) is 11.2 Å². The van der Waals surface area contributed by atoms with Crippen LogP contribution in [0.3, 0.4) is 0 Å². The molecular formula is C22H22Br2OS. The lowest BCUT2D eigenvalue weighted by Crippen LogP contribution is -2.19. The average molecular weight is 494 g/mol. The van der Waals surface area contributed by atoms with Gasteiger partial charge in [0.2, 0.25) is 0 Å². The van der Waals surface area contributed by atoms with Crippen molar-refractivity contribution >= 4 is 43.6 Å². The van der Waals surface area contributed by atoms with E-state index in [2.05, 4.69) is 86.5 Å². The Balaban J connectivity index is 1.70. The number of rotatable bonds is 4. The Labute approximate surface area is 176 Å². The molecule has 0 N–H and O–H groups in total. The highest BCUT2D eigenvalue weighted by atomic mass is 79.9. The van der Waals surface area contributed by atoms with E-state index in [9.17, 15) is 0 Å². The summed E-state index contributed by atoms with van der Waals surface area (Å²) in [4.78, 5) is 1.51. The summed E-state index contributed by atoms with van der Waals surface area (Å²) in [5, 5.41) is 0.457. The second kappa shape index (κ2) is 7.73. The van der Waals surface area contributed by atoms with Crippen molar-refractivity contribution in [3.8, 4) is 5.75 Å². The Kier molecular flexibility index (Phi) is 5.54. The zero-order valence-electron chi connectivity index (χ0n) is 14.8. The van der Waals surface area contributed by atoms with Gasteiger partial charge in [-0.25, -0.2) is 0 Å². The van der Waals surface area contributed by atoms with E-state index in [4.69, 9.17) is 4.74 Å². The number of allylic oxidation sites excluding steroid dienone is 2. The lowest BCUT2D eigenvalue weighted by atomic mass is 9.81. The summed E-state index contributed by atoms with van der Waals surface area (Å²) < 4.78 is 5.30. The highest BCUT2D eigenvalue weighted by Gasteiger charge is 2.45. The van der Waals surface area contributed by atoms with Crippen molar-refractivity contribution in [3.05, 3.63) is 76.2 Å². The van der Waals surface area contributed by atoms with Gasteiger partial charge in [0.1, 0.15) is 8.98 Å². The van der Waals surface area contributed by atoms with Crippen molar-refractivity contribution in [2.45, 2.75) is 34.2 Å². The van der Waals surface area contributed by atoms with Crippen molar-refractivity contribution in [2.24, 2.45) is 5.92 Å². The quantitative estimate of drug-likeness (QED) is 0.414. The number of hydrogen-bond donors (Lipinski definition) is 0. The molecule has 26 heavy (non-hydrogen) atoms. The Morgan fingerprint density at radius 1 is 1.08 bits per heavy atom. The van der Waals surface area contributed by atoms with E-state index in [1.54, 1.807) is 12.7 Å². The molecule has 2 aromatic carbocycles. The molecule has 0 amide bonds. The van der Waals surface area contributed by atoms with E-state index in [0.717, 1.165) is 18.6 Å². The van der Waals surface area contributed by atoms with E-state index in [1.807, 2.05) is 11.8 Å². The molecule has 0 spiro atoms. The second-order valence-corrected chi connectivity index (χ2v) is 11.9. The van der Waals surface area contributed by atoms with Gasteiger partial charge >= 0.3 is 0 Å². The maximum absolute atomic E-state index is 5.35. The van der Waals surface area contributed by atoms with Crippen LogP contribution in [0.15, 0.2) is 65.1 Å². The Morgan fingerprint density at radius 2 is 1.81 bits per heavy atom. The smallest absolute Gasteiger partial charge is 0.118 e. The van der Waals surface area contributed by atoms with Gasteiger partial charge < -0.3 is 4.74 Å². The van der Waals surface area contributed by atoms with Crippen LogP contribution in [0.5, 0.6) is 5.75 Å². The predicted molar refractivity (Wildman–Crippen MR) is 118 cm³/mol. The van der Waals surface area contributed by atoms with Crippen molar-refractivity contribution in [1.82, 2.24) is 0 Å². The lowest BCUT2D eigenvalue weighted by Gasteiger charge is -2.29. The highest BCUT2D eigenvalue weighted by molar-refractivity contribution is 9.25. The fourth-order valence-electron chi connectivity index (χ4n) is 4.06. The van der Waals surface area contributed by atoms with Gasteiger partial charge in [-0.1, -0.05) is 79.9 Å². The van der Waals surface area contributed by atoms with Gasteiger partial charge in [-0.2, -0.15) is 0 Å². The van der Waals surface area contributed by atoms with Crippen LogP contribution in [-0.2, 0) is 6.42 Å². The molecule has 4 heteroatoms. The van der Waals surface area contributed by atoms with Gasteiger partial charge in [-0.15, -0.1) is 11.8 Å². The molecule has 0 bridgehead atoms. The Morgan fingerprint density at radius 3 is 2.50 bits per heavy atom. The summed E-state index contributed by atoms with van der Waals surface area (Å²) >= 11 is 9.95. The van der Waals surface area contributed by atoms with Gasteiger partial charge in [0.25, 0.3) is 0 Å². The van der Waals surface area contributed by atoms with Crippen molar-refractivity contribution in [3.63, 3.8) is 0 Å². The molecule has 0 aromatic heterocycles. The molecular weight excluding hydrogens is 472 g/mol. The van der Waals surface area contributed by atoms with Crippen LogP contribution >= 0.6 is 43.6 Å². The largest absolute Gasteiger partial charge is 0.497 e. The maximum atomic E-state index is 5.35. The van der Waals surface area contributed by atoms with Gasteiger partial charge in [0.15, 0.2) is 0 Å². The van der Waals surface area contributed by atoms with Crippen molar-refractivity contribution < 1.29 is 4.74 Å². The summed E-state index contributed by atoms with van der Waals surface area (Å²) in [6, 6.07) is 19.5. The Bertz CT molecular complexity index is 799. The first-order valence-corrected chi connectivity index (χ1v) is 11.5. The molecule has 2 aromatic rings. The van der Waals surface area contributed by atoms with E-state index >= 15 is 0 Å². The van der Waals surface area contributed by atoms with Gasteiger partial charge in [0, 0.05) is 16.1 Å². The van der Waals surface area contributed by atoms with E-state index in [1.165, 1.54) is 28.9 Å². The number of thioether (sulfide) groups is 1. The monoisotopic (exact) mass is 492 g/mol. The highest BCUT2D eigenvalue weighted by Crippen LogP contribution is 2.63. The molecule has 136 valence electrons. The fraction of sp³-hybridized carbons (Fsp3) is 0.364. The normalized spacial score (nSPS) is 24.4. The molecule has 0 radical (unpaired) electrons. The van der Waals surface area contributed by atoms with Gasteiger partial charge in [-0.3, -0.25) is 0 Å². The third kappa shape index (κ3) is 3.65. The molecule has 2 aliphatic rings. The predicted octanol–water partition coefficient (Wildman–Crippen LogP) is 7.27. The minimum absolute atomic E-state index is 0.0472. The van der Waals surface area contributed by atoms with E-state index in [-0.39, 0.29) is 3.23 Å². The third-order valence-electron chi connectivity index (χ3n) is 5.36. The molecule has 2 atom stereocenters. The first-order valence-electron chi connectivity index (χ1n) is 9.04. The number of hydrogen-bond acceptors (Lipinski definition) is 2. The number of alkyl halides is 2. The first-order chi connectivity index (χ1) is 12.6. The standard InChI is InChI=1S/C22H22Br2OS/c1-25-17-11-9-16(10-12-17)20-19(14-15-6-3-2-4-7-15)18-8-5-13-22(23,24)21(18)26-20/h2-4,6-7,9-12,19-20H,5,8,13-14H2,1H3. The molecule has 1 heterocycles. The van der Waals surface area contributed by atoms with Crippen LogP contribution in [0.2, 0.25) is 0 Å². The summed E-state index contributed by atoms with van der Waals surface area (Å²) in [5.41, 5.74) is 4.45. The second-order valence-electron chi connectivity index (χ2n) is 7.02.